The predicted molar refractivity (Wildman–Crippen MR) is 42.0 cm³/mol. The second kappa shape index (κ2) is 3.77. The Labute approximate surface area is 66.1 Å². The fraction of sp³-hybridized carbons (Fsp3) is 0.625. The lowest BCUT2D eigenvalue weighted by molar-refractivity contribution is -0.107. The van der Waals surface area contributed by atoms with Crippen LogP contribution in [0.15, 0.2) is 11.6 Å². The van der Waals surface area contributed by atoms with E-state index >= 15 is 0 Å². The van der Waals surface area contributed by atoms with Crippen molar-refractivity contribution in [1.82, 2.24) is 0 Å². The SMILES string of the molecule is O=C(Cl)C=C1CCCCC1. The zero-order valence-corrected chi connectivity index (χ0v) is 6.66. The van der Waals surface area contributed by atoms with E-state index in [1.807, 2.05) is 0 Å². The maximum Gasteiger partial charge on any atom is 0.245 e. The number of carbonyl (C=O) groups is 1. The van der Waals surface area contributed by atoms with Crippen LogP contribution in [0.25, 0.3) is 0 Å². The molecule has 0 aromatic heterocycles. The second-order valence-corrected chi connectivity index (χ2v) is 3.04. The van der Waals surface area contributed by atoms with Crippen LogP contribution < -0.4 is 0 Å². The first kappa shape index (κ1) is 7.80. The van der Waals surface area contributed by atoms with E-state index in [0.717, 1.165) is 12.8 Å². The molecule has 0 bridgehead atoms. The Morgan fingerprint density at radius 2 is 1.90 bits per heavy atom. The lowest BCUT2D eigenvalue weighted by atomic mass is 9.95. The molecule has 0 atom stereocenters. The minimum absolute atomic E-state index is 0.322. The molecule has 0 heterocycles. The summed E-state index contributed by atoms with van der Waals surface area (Å²) in [5, 5.41) is -0.322. The van der Waals surface area contributed by atoms with Gasteiger partial charge in [0.2, 0.25) is 5.24 Å². The molecule has 1 aliphatic carbocycles. The van der Waals surface area contributed by atoms with Gasteiger partial charge in [-0.25, -0.2) is 0 Å². The summed E-state index contributed by atoms with van der Waals surface area (Å²) >= 11 is 5.20. The number of allylic oxidation sites excluding steroid dienone is 2. The van der Waals surface area contributed by atoms with Gasteiger partial charge in [0.15, 0.2) is 0 Å². The Kier molecular flexibility index (Phi) is 2.94. The molecule has 0 N–H and O–H groups in total. The van der Waals surface area contributed by atoms with Crippen LogP contribution in [0.1, 0.15) is 32.1 Å². The van der Waals surface area contributed by atoms with Gasteiger partial charge in [-0.1, -0.05) is 12.0 Å². The van der Waals surface area contributed by atoms with Crippen molar-refractivity contribution in [2.24, 2.45) is 0 Å². The van der Waals surface area contributed by atoms with E-state index in [1.165, 1.54) is 24.8 Å². The maximum atomic E-state index is 10.4. The molecule has 0 unspecified atom stereocenters. The first-order valence-corrected chi connectivity index (χ1v) is 4.06. The van der Waals surface area contributed by atoms with Crippen molar-refractivity contribution in [2.45, 2.75) is 32.1 Å². The maximum absolute atomic E-state index is 10.4. The van der Waals surface area contributed by atoms with Crippen molar-refractivity contribution >= 4 is 16.8 Å². The largest absolute Gasteiger partial charge is 0.276 e. The van der Waals surface area contributed by atoms with Gasteiger partial charge in [-0.15, -0.1) is 0 Å². The van der Waals surface area contributed by atoms with Crippen molar-refractivity contribution in [3.8, 4) is 0 Å². The highest BCUT2D eigenvalue weighted by Gasteiger charge is 2.05. The number of halogens is 1. The monoisotopic (exact) mass is 158 g/mol. The van der Waals surface area contributed by atoms with Gasteiger partial charge in [0, 0.05) is 0 Å². The fourth-order valence-electron chi connectivity index (χ4n) is 1.31. The van der Waals surface area contributed by atoms with Crippen molar-refractivity contribution in [3.63, 3.8) is 0 Å². The molecule has 1 nitrogen and oxygen atoms in total. The van der Waals surface area contributed by atoms with Gasteiger partial charge in [-0.05, 0) is 43.4 Å². The minimum Gasteiger partial charge on any atom is -0.276 e. The molecule has 1 rings (SSSR count). The predicted octanol–water partition coefficient (Wildman–Crippen LogP) is 2.64. The third kappa shape index (κ3) is 2.53. The topological polar surface area (TPSA) is 17.1 Å². The van der Waals surface area contributed by atoms with E-state index in [0.29, 0.717) is 0 Å². The molecule has 0 aromatic carbocycles. The number of hydrogen-bond donors (Lipinski definition) is 0. The zero-order valence-electron chi connectivity index (χ0n) is 5.90. The highest BCUT2D eigenvalue weighted by molar-refractivity contribution is 6.66. The summed E-state index contributed by atoms with van der Waals surface area (Å²) in [6, 6.07) is 0. The van der Waals surface area contributed by atoms with Crippen LogP contribution in [0.2, 0.25) is 0 Å². The molecular formula is C8H11ClO. The third-order valence-electron chi connectivity index (χ3n) is 1.81. The van der Waals surface area contributed by atoms with Gasteiger partial charge in [0.1, 0.15) is 0 Å². The number of rotatable bonds is 1. The standard InChI is InChI=1S/C8H11ClO/c9-8(10)6-7-4-2-1-3-5-7/h6H,1-5H2. The summed E-state index contributed by atoms with van der Waals surface area (Å²) in [5.74, 6) is 0. The van der Waals surface area contributed by atoms with Gasteiger partial charge in [-0.2, -0.15) is 0 Å². The summed E-state index contributed by atoms with van der Waals surface area (Å²) < 4.78 is 0. The third-order valence-corrected chi connectivity index (χ3v) is 1.92. The van der Waals surface area contributed by atoms with Crippen LogP contribution in [-0.4, -0.2) is 5.24 Å². The minimum atomic E-state index is -0.322. The van der Waals surface area contributed by atoms with Gasteiger partial charge < -0.3 is 0 Å². The highest BCUT2D eigenvalue weighted by Crippen LogP contribution is 2.22. The van der Waals surface area contributed by atoms with Gasteiger partial charge >= 0.3 is 0 Å². The van der Waals surface area contributed by atoms with Gasteiger partial charge in [0.05, 0.1) is 0 Å². The Morgan fingerprint density at radius 3 is 2.40 bits per heavy atom. The molecule has 10 heavy (non-hydrogen) atoms. The summed E-state index contributed by atoms with van der Waals surface area (Å²) in [6.45, 7) is 0. The quantitative estimate of drug-likeness (QED) is 0.424. The smallest absolute Gasteiger partial charge is 0.245 e. The molecule has 0 spiro atoms. The van der Waals surface area contributed by atoms with E-state index in [-0.39, 0.29) is 5.24 Å². The normalized spacial score (nSPS) is 18.7. The Hall–Kier alpha value is -0.300. The second-order valence-electron chi connectivity index (χ2n) is 2.67. The Balaban J connectivity index is 2.45. The molecule has 1 fully saturated rings. The van der Waals surface area contributed by atoms with Crippen LogP contribution in [0, 0.1) is 0 Å². The van der Waals surface area contributed by atoms with Crippen molar-refractivity contribution in [1.29, 1.82) is 0 Å². The molecule has 2 heteroatoms. The van der Waals surface area contributed by atoms with Crippen LogP contribution >= 0.6 is 11.6 Å². The number of carbonyl (C=O) groups excluding carboxylic acids is 1. The number of hydrogen-bond acceptors (Lipinski definition) is 1. The molecule has 0 radical (unpaired) electrons. The Morgan fingerprint density at radius 1 is 1.30 bits per heavy atom. The van der Waals surface area contributed by atoms with Crippen LogP contribution in [0.4, 0.5) is 0 Å². The molecular weight excluding hydrogens is 148 g/mol. The van der Waals surface area contributed by atoms with Gasteiger partial charge in [0.25, 0.3) is 0 Å². The molecule has 0 aromatic rings. The Bertz CT molecular complexity index is 153. The van der Waals surface area contributed by atoms with E-state index in [2.05, 4.69) is 0 Å². The van der Waals surface area contributed by atoms with Crippen molar-refractivity contribution in [3.05, 3.63) is 11.6 Å². The molecule has 1 aliphatic rings. The van der Waals surface area contributed by atoms with Gasteiger partial charge in [-0.3, -0.25) is 4.79 Å². The van der Waals surface area contributed by atoms with Crippen molar-refractivity contribution in [2.75, 3.05) is 0 Å². The van der Waals surface area contributed by atoms with Crippen LogP contribution in [0.5, 0.6) is 0 Å². The summed E-state index contributed by atoms with van der Waals surface area (Å²) in [5.41, 5.74) is 1.23. The van der Waals surface area contributed by atoms with E-state index in [4.69, 9.17) is 11.6 Å². The molecule has 0 saturated heterocycles. The average molecular weight is 159 g/mol. The average Bonchev–Trinajstić information content (AvgIpc) is 1.88. The van der Waals surface area contributed by atoms with E-state index < -0.39 is 0 Å². The first-order valence-electron chi connectivity index (χ1n) is 3.68. The fourth-order valence-corrected chi connectivity index (χ4v) is 1.47. The van der Waals surface area contributed by atoms with Crippen LogP contribution in [0.3, 0.4) is 0 Å². The summed E-state index contributed by atoms with van der Waals surface area (Å²) in [7, 11) is 0. The van der Waals surface area contributed by atoms with Crippen molar-refractivity contribution < 1.29 is 4.79 Å². The highest BCUT2D eigenvalue weighted by atomic mass is 35.5. The van der Waals surface area contributed by atoms with E-state index in [1.54, 1.807) is 6.08 Å². The molecule has 56 valence electrons. The first-order chi connectivity index (χ1) is 4.79. The summed E-state index contributed by atoms with van der Waals surface area (Å²) in [4.78, 5) is 10.4. The molecule has 0 aliphatic heterocycles. The summed E-state index contributed by atoms with van der Waals surface area (Å²) in [6.07, 6.45) is 7.44. The lowest BCUT2D eigenvalue weighted by Gasteiger charge is -2.11. The lowest BCUT2D eigenvalue weighted by Crippen LogP contribution is -1.95. The molecule has 0 amide bonds. The van der Waals surface area contributed by atoms with Crippen LogP contribution in [-0.2, 0) is 4.79 Å². The van der Waals surface area contributed by atoms with E-state index in [9.17, 15) is 4.79 Å². The zero-order chi connectivity index (χ0) is 7.40. The molecule has 1 saturated carbocycles.